The minimum Gasteiger partial charge on any atom is -0.359 e. The number of amidine groups is 1. The largest absolute Gasteiger partial charge is 0.359 e. The number of nitrogens with one attached hydrogen (secondary N) is 1. The lowest BCUT2D eigenvalue weighted by Crippen LogP contribution is -2.40. The van der Waals surface area contributed by atoms with Crippen LogP contribution in [0.4, 0.5) is 0 Å². The maximum atomic E-state index is 5.88. The highest BCUT2D eigenvalue weighted by Crippen LogP contribution is 2.37. The monoisotopic (exact) mass is 294 g/mol. The van der Waals surface area contributed by atoms with Crippen LogP contribution in [0, 0.1) is 0 Å². The zero-order valence-electron chi connectivity index (χ0n) is 11.0. The SMILES string of the molecule is Clc1ccc(CCN=C2NC3(CCCC3)CS2)cc1. The first-order valence-electron chi connectivity index (χ1n) is 6.96. The molecule has 1 heterocycles. The van der Waals surface area contributed by atoms with Gasteiger partial charge in [0.25, 0.3) is 0 Å². The van der Waals surface area contributed by atoms with Gasteiger partial charge >= 0.3 is 0 Å². The summed E-state index contributed by atoms with van der Waals surface area (Å²) in [5.41, 5.74) is 1.68. The van der Waals surface area contributed by atoms with Crippen molar-refractivity contribution in [1.82, 2.24) is 5.32 Å². The molecule has 2 aliphatic rings. The summed E-state index contributed by atoms with van der Waals surface area (Å²) in [5.74, 6) is 1.20. The molecule has 0 unspecified atom stereocenters. The van der Waals surface area contributed by atoms with E-state index in [4.69, 9.17) is 16.6 Å². The van der Waals surface area contributed by atoms with Crippen molar-refractivity contribution >= 4 is 28.5 Å². The molecular formula is C15H19ClN2S. The van der Waals surface area contributed by atoms with Gasteiger partial charge in [0.1, 0.15) is 0 Å². The Labute approximate surface area is 124 Å². The highest BCUT2D eigenvalue weighted by Gasteiger charge is 2.39. The molecule has 102 valence electrons. The van der Waals surface area contributed by atoms with Crippen LogP contribution in [0.5, 0.6) is 0 Å². The van der Waals surface area contributed by atoms with Crippen LogP contribution in [0.1, 0.15) is 31.2 Å². The fourth-order valence-corrected chi connectivity index (χ4v) is 4.22. The van der Waals surface area contributed by atoms with Gasteiger partial charge in [-0.1, -0.05) is 48.3 Å². The zero-order chi connectivity index (χ0) is 13.1. The van der Waals surface area contributed by atoms with Gasteiger partial charge in [0.05, 0.1) is 0 Å². The highest BCUT2D eigenvalue weighted by molar-refractivity contribution is 8.14. The Morgan fingerprint density at radius 3 is 2.68 bits per heavy atom. The standard InChI is InChI=1S/C15H19ClN2S/c16-13-5-3-12(4-6-13)7-10-17-14-18-15(11-19-14)8-1-2-9-15/h3-6H,1-2,7-11H2,(H,17,18). The molecule has 0 aromatic heterocycles. The van der Waals surface area contributed by atoms with Crippen LogP contribution in [0.3, 0.4) is 0 Å². The fraction of sp³-hybridized carbons (Fsp3) is 0.533. The van der Waals surface area contributed by atoms with Crippen LogP contribution < -0.4 is 5.32 Å². The van der Waals surface area contributed by atoms with E-state index in [1.807, 2.05) is 23.9 Å². The van der Waals surface area contributed by atoms with Gasteiger partial charge in [-0.05, 0) is 37.0 Å². The molecule has 2 fully saturated rings. The van der Waals surface area contributed by atoms with Gasteiger partial charge in [-0.15, -0.1) is 0 Å². The maximum absolute atomic E-state index is 5.88. The lowest BCUT2D eigenvalue weighted by Gasteiger charge is -2.21. The van der Waals surface area contributed by atoms with Crippen molar-refractivity contribution < 1.29 is 0 Å². The minimum atomic E-state index is 0.379. The molecular weight excluding hydrogens is 276 g/mol. The summed E-state index contributed by atoms with van der Waals surface area (Å²) in [6, 6.07) is 8.05. The smallest absolute Gasteiger partial charge is 0.157 e. The highest BCUT2D eigenvalue weighted by atomic mass is 35.5. The minimum absolute atomic E-state index is 0.379. The summed E-state index contributed by atoms with van der Waals surface area (Å²) in [6.45, 7) is 0.854. The van der Waals surface area contributed by atoms with Crippen LogP contribution >= 0.6 is 23.4 Å². The van der Waals surface area contributed by atoms with Crippen LogP contribution in [0.25, 0.3) is 0 Å². The molecule has 1 spiro atoms. The molecule has 1 aliphatic heterocycles. The van der Waals surface area contributed by atoms with Crippen LogP contribution in [0.15, 0.2) is 29.3 Å². The van der Waals surface area contributed by atoms with Gasteiger partial charge in [-0.2, -0.15) is 0 Å². The van der Waals surface area contributed by atoms with Crippen molar-refractivity contribution in [2.45, 2.75) is 37.6 Å². The third-order valence-electron chi connectivity index (χ3n) is 3.99. The van der Waals surface area contributed by atoms with Gasteiger partial charge in [-0.3, -0.25) is 4.99 Å². The van der Waals surface area contributed by atoms with E-state index in [1.165, 1.54) is 37.0 Å². The summed E-state index contributed by atoms with van der Waals surface area (Å²) in [7, 11) is 0. The number of halogens is 1. The van der Waals surface area contributed by atoms with E-state index in [-0.39, 0.29) is 0 Å². The molecule has 1 saturated heterocycles. The molecule has 3 rings (SSSR count). The third kappa shape index (κ3) is 3.26. The maximum Gasteiger partial charge on any atom is 0.157 e. The van der Waals surface area contributed by atoms with Gasteiger partial charge in [0, 0.05) is 22.9 Å². The molecule has 19 heavy (non-hydrogen) atoms. The summed E-state index contributed by atoms with van der Waals surface area (Å²) in [5, 5.41) is 5.60. The predicted octanol–water partition coefficient (Wildman–Crippen LogP) is 3.89. The normalized spacial score (nSPS) is 23.1. The first-order chi connectivity index (χ1) is 9.26. The second kappa shape index (κ2) is 5.76. The van der Waals surface area contributed by atoms with Gasteiger partial charge in [0.15, 0.2) is 5.17 Å². The van der Waals surface area contributed by atoms with Crippen molar-refractivity contribution in [3.05, 3.63) is 34.9 Å². The third-order valence-corrected chi connectivity index (χ3v) is 5.44. The van der Waals surface area contributed by atoms with E-state index in [0.717, 1.165) is 23.2 Å². The molecule has 1 aromatic rings. The number of hydrogen-bond donors (Lipinski definition) is 1. The predicted molar refractivity (Wildman–Crippen MR) is 84.3 cm³/mol. The molecule has 1 aliphatic carbocycles. The molecule has 1 aromatic carbocycles. The fourth-order valence-electron chi connectivity index (χ4n) is 2.85. The van der Waals surface area contributed by atoms with Gasteiger partial charge < -0.3 is 5.32 Å². The number of aliphatic imine (C=N–C) groups is 1. The lowest BCUT2D eigenvalue weighted by atomic mass is 10.0. The van der Waals surface area contributed by atoms with E-state index < -0.39 is 0 Å². The van der Waals surface area contributed by atoms with Crippen molar-refractivity contribution in [2.75, 3.05) is 12.3 Å². The molecule has 4 heteroatoms. The van der Waals surface area contributed by atoms with Crippen LogP contribution in [0.2, 0.25) is 5.02 Å². The average molecular weight is 295 g/mol. The molecule has 2 nitrogen and oxygen atoms in total. The van der Waals surface area contributed by atoms with Crippen LogP contribution in [-0.4, -0.2) is 23.0 Å². The van der Waals surface area contributed by atoms with Gasteiger partial charge in [0.2, 0.25) is 0 Å². The number of rotatable bonds is 3. The van der Waals surface area contributed by atoms with E-state index in [2.05, 4.69) is 17.4 Å². The molecule has 0 radical (unpaired) electrons. The Balaban J connectivity index is 1.52. The second-order valence-electron chi connectivity index (χ2n) is 5.46. The number of hydrogen-bond acceptors (Lipinski definition) is 2. The Kier molecular flexibility index (Phi) is 4.04. The van der Waals surface area contributed by atoms with E-state index >= 15 is 0 Å². The molecule has 0 atom stereocenters. The Morgan fingerprint density at radius 2 is 1.95 bits per heavy atom. The Hall–Kier alpha value is -0.670. The second-order valence-corrected chi connectivity index (χ2v) is 6.86. The van der Waals surface area contributed by atoms with Crippen molar-refractivity contribution in [3.8, 4) is 0 Å². The lowest BCUT2D eigenvalue weighted by molar-refractivity contribution is 0.452. The number of benzene rings is 1. The topological polar surface area (TPSA) is 24.4 Å². The first kappa shape index (κ1) is 13.3. The molecule has 1 N–H and O–H groups in total. The quantitative estimate of drug-likeness (QED) is 0.915. The number of thioether (sulfide) groups is 1. The molecule has 0 amide bonds. The number of nitrogens with zero attached hydrogens (tertiary/aromatic N) is 1. The van der Waals surface area contributed by atoms with E-state index in [9.17, 15) is 0 Å². The summed E-state index contributed by atoms with van der Waals surface area (Å²) >= 11 is 7.77. The average Bonchev–Trinajstić information content (AvgIpc) is 3.03. The molecule has 0 bridgehead atoms. The summed E-state index contributed by atoms with van der Waals surface area (Å²) in [4.78, 5) is 4.70. The van der Waals surface area contributed by atoms with E-state index in [1.54, 1.807) is 0 Å². The van der Waals surface area contributed by atoms with Crippen molar-refractivity contribution in [2.24, 2.45) is 4.99 Å². The zero-order valence-corrected chi connectivity index (χ0v) is 12.6. The van der Waals surface area contributed by atoms with Crippen LogP contribution in [-0.2, 0) is 6.42 Å². The Morgan fingerprint density at radius 1 is 1.21 bits per heavy atom. The van der Waals surface area contributed by atoms with Crippen molar-refractivity contribution in [3.63, 3.8) is 0 Å². The summed E-state index contributed by atoms with van der Waals surface area (Å²) in [6.07, 6.45) is 6.35. The molecule has 1 saturated carbocycles. The summed E-state index contributed by atoms with van der Waals surface area (Å²) < 4.78 is 0. The Bertz CT molecular complexity index is 464. The van der Waals surface area contributed by atoms with Gasteiger partial charge in [-0.25, -0.2) is 0 Å². The van der Waals surface area contributed by atoms with E-state index in [0.29, 0.717) is 5.54 Å². The first-order valence-corrected chi connectivity index (χ1v) is 8.32. The van der Waals surface area contributed by atoms with Crippen molar-refractivity contribution in [1.29, 1.82) is 0 Å².